The number of amides is 1. The second-order valence-electron chi connectivity index (χ2n) is 6.31. The molecule has 2 aliphatic heterocycles. The molecule has 0 saturated carbocycles. The first kappa shape index (κ1) is 18.2. The molecule has 0 aliphatic carbocycles. The molecule has 3 N–H and O–H groups in total. The van der Waals surface area contributed by atoms with Gasteiger partial charge >= 0.3 is 0 Å². The fourth-order valence-electron chi connectivity index (χ4n) is 3.63. The lowest BCUT2D eigenvalue weighted by Crippen LogP contribution is -2.43. The van der Waals surface area contributed by atoms with Crippen LogP contribution in [0.5, 0.6) is 0 Å². The van der Waals surface area contributed by atoms with Crippen molar-refractivity contribution in [2.24, 2.45) is 0 Å². The Kier molecular flexibility index (Phi) is 6.87. The smallest absolute Gasteiger partial charge is 0.272 e. The Labute approximate surface area is 144 Å². The van der Waals surface area contributed by atoms with Crippen molar-refractivity contribution in [2.45, 2.75) is 51.6 Å². The molecular formula is C16H28ClN5O. The second-order valence-corrected chi connectivity index (χ2v) is 6.31. The van der Waals surface area contributed by atoms with Gasteiger partial charge in [-0.2, -0.15) is 5.10 Å². The lowest BCUT2D eigenvalue weighted by atomic mass is 10.0. The summed E-state index contributed by atoms with van der Waals surface area (Å²) < 4.78 is 0. The van der Waals surface area contributed by atoms with Crippen molar-refractivity contribution in [2.75, 3.05) is 26.2 Å². The number of fused-ring (bicyclic) bond motifs is 1. The van der Waals surface area contributed by atoms with E-state index in [1.165, 1.54) is 25.7 Å². The lowest BCUT2D eigenvalue weighted by Gasteiger charge is -2.35. The molecule has 130 valence electrons. The largest absolute Gasteiger partial charge is 0.349 e. The predicted molar refractivity (Wildman–Crippen MR) is 93.1 cm³/mol. The first-order chi connectivity index (χ1) is 10.8. The van der Waals surface area contributed by atoms with Crippen LogP contribution in [0.4, 0.5) is 0 Å². The molecule has 1 atom stereocenters. The van der Waals surface area contributed by atoms with E-state index in [9.17, 15) is 4.79 Å². The molecule has 1 aromatic rings. The summed E-state index contributed by atoms with van der Waals surface area (Å²) in [5, 5.41) is 13.5. The number of likely N-dealkylation sites (tertiary alicyclic amines) is 1. The normalized spacial score (nSPS) is 21.3. The first-order valence-electron chi connectivity index (χ1n) is 8.58. The Morgan fingerprint density at radius 1 is 1.43 bits per heavy atom. The molecule has 3 rings (SSSR count). The molecule has 1 unspecified atom stereocenters. The Hall–Kier alpha value is -1.11. The van der Waals surface area contributed by atoms with Gasteiger partial charge in [0.25, 0.3) is 5.91 Å². The van der Waals surface area contributed by atoms with Gasteiger partial charge in [-0.1, -0.05) is 13.3 Å². The maximum atomic E-state index is 12.3. The quantitative estimate of drug-likeness (QED) is 0.758. The lowest BCUT2D eigenvalue weighted by molar-refractivity contribution is 0.0928. The highest BCUT2D eigenvalue weighted by Gasteiger charge is 2.23. The van der Waals surface area contributed by atoms with Crippen LogP contribution in [-0.2, 0) is 13.0 Å². The zero-order valence-electron chi connectivity index (χ0n) is 13.9. The van der Waals surface area contributed by atoms with E-state index in [-0.39, 0.29) is 18.3 Å². The van der Waals surface area contributed by atoms with Gasteiger partial charge in [-0.3, -0.25) is 14.8 Å². The van der Waals surface area contributed by atoms with E-state index in [4.69, 9.17) is 0 Å². The SMILES string of the molecule is CCC1CCCCN1CCNC(=O)c1n[nH]c2c1CNCC2.Cl. The van der Waals surface area contributed by atoms with Gasteiger partial charge in [-0.25, -0.2) is 0 Å². The third kappa shape index (κ3) is 4.25. The van der Waals surface area contributed by atoms with Crippen LogP contribution in [0.1, 0.15) is 54.4 Å². The molecular weight excluding hydrogens is 314 g/mol. The van der Waals surface area contributed by atoms with Crippen molar-refractivity contribution >= 4 is 18.3 Å². The van der Waals surface area contributed by atoms with Gasteiger partial charge in [0.15, 0.2) is 5.69 Å². The molecule has 1 fully saturated rings. The molecule has 1 aromatic heterocycles. The zero-order chi connectivity index (χ0) is 15.4. The van der Waals surface area contributed by atoms with Crippen molar-refractivity contribution in [3.05, 3.63) is 17.0 Å². The van der Waals surface area contributed by atoms with E-state index < -0.39 is 0 Å². The summed E-state index contributed by atoms with van der Waals surface area (Å²) in [4.78, 5) is 14.8. The van der Waals surface area contributed by atoms with Gasteiger partial charge in [0.1, 0.15) is 0 Å². The van der Waals surface area contributed by atoms with Gasteiger partial charge in [-0.15, -0.1) is 12.4 Å². The monoisotopic (exact) mass is 341 g/mol. The number of nitrogens with one attached hydrogen (secondary N) is 3. The molecule has 0 bridgehead atoms. The number of rotatable bonds is 5. The molecule has 0 radical (unpaired) electrons. The summed E-state index contributed by atoms with van der Waals surface area (Å²) in [7, 11) is 0. The highest BCUT2D eigenvalue weighted by Crippen LogP contribution is 2.19. The number of hydrogen-bond donors (Lipinski definition) is 3. The number of nitrogens with zero attached hydrogens (tertiary/aromatic N) is 2. The summed E-state index contributed by atoms with van der Waals surface area (Å²) >= 11 is 0. The number of carbonyl (C=O) groups excluding carboxylic acids is 1. The summed E-state index contributed by atoms with van der Waals surface area (Å²) in [5.41, 5.74) is 2.70. The van der Waals surface area contributed by atoms with Crippen LogP contribution in [0.3, 0.4) is 0 Å². The maximum absolute atomic E-state index is 12.3. The van der Waals surface area contributed by atoms with Crippen LogP contribution in [0.25, 0.3) is 0 Å². The molecule has 7 heteroatoms. The number of aromatic nitrogens is 2. The van der Waals surface area contributed by atoms with Crippen LogP contribution in [0.2, 0.25) is 0 Å². The van der Waals surface area contributed by atoms with Crippen LogP contribution in [-0.4, -0.2) is 53.2 Å². The predicted octanol–water partition coefficient (Wildman–Crippen LogP) is 1.47. The summed E-state index contributed by atoms with van der Waals surface area (Å²) in [6.07, 6.45) is 6.04. The number of piperidine rings is 1. The molecule has 1 saturated heterocycles. The molecule has 3 heterocycles. The standard InChI is InChI=1S/C16H27N5O.ClH/c1-2-12-5-3-4-9-21(12)10-8-18-16(22)15-13-11-17-7-6-14(13)19-20-15;/h12,17H,2-11H2,1H3,(H,18,22)(H,19,20);1H. The van der Waals surface area contributed by atoms with Crippen molar-refractivity contribution in [3.8, 4) is 0 Å². The van der Waals surface area contributed by atoms with Gasteiger partial charge in [0, 0.05) is 49.9 Å². The number of aromatic amines is 1. The van der Waals surface area contributed by atoms with Gasteiger partial charge in [0.05, 0.1) is 0 Å². The van der Waals surface area contributed by atoms with Crippen LogP contribution >= 0.6 is 12.4 Å². The van der Waals surface area contributed by atoms with E-state index in [1.54, 1.807) is 0 Å². The van der Waals surface area contributed by atoms with Crippen LogP contribution in [0.15, 0.2) is 0 Å². The van der Waals surface area contributed by atoms with Crippen molar-refractivity contribution in [1.82, 2.24) is 25.7 Å². The second kappa shape index (κ2) is 8.66. The molecule has 0 spiro atoms. The minimum atomic E-state index is -0.0498. The van der Waals surface area contributed by atoms with Crippen molar-refractivity contribution < 1.29 is 4.79 Å². The van der Waals surface area contributed by atoms with Gasteiger partial charge in [0.2, 0.25) is 0 Å². The molecule has 23 heavy (non-hydrogen) atoms. The number of hydrogen-bond acceptors (Lipinski definition) is 4. The van der Waals surface area contributed by atoms with E-state index in [0.717, 1.165) is 43.9 Å². The molecule has 0 aromatic carbocycles. The van der Waals surface area contributed by atoms with Gasteiger partial charge in [-0.05, 0) is 25.8 Å². The van der Waals surface area contributed by atoms with Crippen LogP contribution < -0.4 is 10.6 Å². The number of H-pyrrole nitrogens is 1. The Bertz CT molecular complexity index is 519. The molecule has 1 amide bonds. The Balaban J connectivity index is 0.00000192. The molecule has 2 aliphatic rings. The zero-order valence-corrected chi connectivity index (χ0v) is 14.7. The summed E-state index contributed by atoms with van der Waals surface area (Å²) in [6.45, 7) is 6.74. The third-order valence-electron chi connectivity index (χ3n) is 4.93. The topological polar surface area (TPSA) is 73.0 Å². The fourth-order valence-corrected chi connectivity index (χ4v) is 3.63. The highest BCUT2D eigenvalue weighted by atomic mass is 35.5. The highest BCUT2D eigenvalue weighted by molar-refractivity contribution is 5.94. The number of halogens is 1. The number of carbonyl (C=O) groups is 1. The average Bonchev–Trinajstić information content (AvgIpc) is 2.99. The van der Waals surface area contributed by atoms with Crippen molar-refractivity contribution in [1.29, 1.82) is 0 Å². The fraction of sp³-hybridized carbons (Fsp3) is 0.750. The van der Waals surface area contributed by atoms with Crippen LogP contribution in [0, 0.1) is 0 Å². The average molecular weight is 342 g/mol. The summed E-state index contributed by atoms with van der Waals surface area (Å²) in [6, 6.07) is 0.688. The minimum absolute atomic E-state index is 0. The maximum Gasteiger partial charge on any atom is 0.272 e. The van der Waals surface area contributed by atoms with Gasteiger partial charge < -0.3 is 10.6 Å². The Morgan fingerprint density at radius 3 is 3.13 bits per heavy atom. The Morgan fingerprint density at radius 2 is 2.30 bits per heavy atom. The van der Waals surface area contributed by atoms with E-state index in [1.807, 2.05) is 0 Å². The third-order valence-corrected chi connectivity index (χ3v) is 4.93. The molecule has 6 nitrogen and oxygen atoms in total. The van der Waals surface area contributed by atoms with E-state index >= 15 is 0 Å². The first-order valence-corrected chi connectivity index (χ1v) is 8.58. The summed E-state index contributed by atoms with van der Waals surface area (Å²) in [5.74, 6) is -0.0498. The van der Waals surface area contributed by atoms with E-state index in [0.29, 0.717) is 18.3 Å². The van der Waals surface area contributed by atoms with E-state index in [2.05, 4.69) is 32.7 Å². The minimum Gasteiger partial charge on any atom is -0.349 e. The van der Waals surface area contributed by atoms with Crippen molar-refractivity contribution in [3.63, 3.8) is 0 Å².